The largest absolute Gasteiger partial charge is 0.481 e. The van der Waals surface area contributed by atoms with Gasteiger partial charge in [-0.3, -0.25) is 9.59 Å². The van der Waals surface area contributed by atoms with E-state index in [0.717, 1.165) is 19.3 Å². The van der Waals surface area contributed by atoms with E-state index in [1.807, 2.05) is 13.8 Å². The summed E-state index contributed by atoms with van der Waals surface area (Å²) in [6.45, 7) is 4.45. The zero-order valence-corrected chi connectivity index (χ0v) is 10.5. The van der Waals surface area contributed by atoms with E-state index < -0.39 is 5.97 Å². The van der Waals surface area contributed by atoms with Crippen LogP contribution in [-0.2, 0) is 14.3 Å². The van der Waals surface area contributed by atoms with Crippen LogP contribution in [0.2, 0.25) is 0 Å². The van der Waals surface area contributed by atoms with Crippen LogP contribution in [0.15, 0.2) is 0 Å². The highest BCUT2D eigenvalue weighted by Crippen LogP contribution is 2.19. The minimum Gasteiger partial charge on any atom is -0.481 e. The van der Waals surface area contributed by atoms with Crippen molar-refractivity contribution < 1.29 is 19.4 Å². The third-order valence-electron chi connectivity index (χ3n) is 2.90. The van der Waals surface area contributed by atoms with E-state index in [4.69, 9.17) is 9.84 Å². The van der Waals surface area contributed by atoms with Crippen molar-refractivity contribution in [3.05, 3.63) is 0 Å². The maximum atomic E-state index is 11.9. The Hall–Kier alpha value is -1.10. The van der Waals surface area contributed by atoms with E-state index in [1.165, 1.54) is 0 Å². The van der Waals surface area contributed by atoms with Gasteiger partial charge in [-0.2, -0.15) is 0 Å². The van der Waals surface area contributed by atoms with E-state index >= 15 is 0 Å². The first-order chi connectivity index (χ1) is 8.00. The minimum atomic E-state index is -0.848. The van der Waals surface area contributed by atoms with Crippen LogP contribution in [0.4, 0.5) is 0 Å². The fraction of sp³-hybridized carbons (Fsp3) is 0.833. The molecular weight excluding hydrogens is 222 g/mol. The summed E-state index contributed by atoms with van der Waals surface area (Å²) in [7, 11) is 0. The van der Waals surface area contributed by atoms with Crippen molar-refractivity contribution in [2.45, 2.75) is 51.7 Å². The van der Waals surface area contributed by atoms with Gasteiger partial charge in [0.05, 0.1) is 12.5 Å². The fourth-order valence-electron chi connectivity index (χ4n) is 2.06. The number of likely N-dealkylation sites (tertiary alicyclic amines) is 1. The lowest BCUT2D eigenvalue weighted by Gasteiger charge is -2.35. The number of ether oxygens (including phenoxy) is 1. The maximum absolute atomic E-state index is 11.9. The quantitative estimate of drug-likeness (QED) is 0.789. The molecule has 0 aromatic carbocycles. The number of carbonyl (C=O) groups excluding carboxylic acids is 1. The summed E-state index contributed by atoms with van der Waals surface area (Å²) in [6, 6.07) is -0.162. The Balaban J connectivity index is 2.51. The molecule has 0 saturated carbocycles. The fourth-order valence-corrected chi connectivity index (χ4v) is 2.06. The topological polar surface area (TPSA) is 66.8 Å². The summed E-state index contributed by atoms with van der Waals surface area (Å²) in [5, 5.41) is 8.81. The maximum Gasteiger partial charge on any atom is 0.305 e. The molecule has 1 saturated heterocycles. The van der Waals surface area contributed by atoms with Gasteiger partial charge in [0, 0.05) is 12.6 Å². The van der Waals surface area contributed by atoms with Crippen molar-refractivity contribution in [1.29, 1.82) is 0 Å². The Kier molecular flexibility index (Phi) is 5.41. The number of carboxylic acids is 1. The van der Waals surface area contributed by atoms with Gasteiger partial charge in [-0.1, -0.05) is 0 Å². The molecule has 0 bridgehead atoms. The van der Waals surface area contributed by atoms with Gasteiger partial charge in [-0.25, -0.2) is 0 Å². The van der Waals surface area contributed by atoms with E-state index in [0.29, 0.717) is 6.54 Å². The van der Waals surface area contributed by atoms with Gasteiger partial charge >= 0.3 is 5.97 Å². The molecule has 5 nitrogen and oxygen atoms in total. The molecular formula is C12H21NO4. The minimum absolute atomic E-state index is 0.0154. The monoisotopic (exact) mass is 243 g/mol. The van der Waals surface area contributed by atoms with Crippen molar-refractivity contribution in [1.82, 2.24) is 4.90 Å². The van der Waals surface area contributed by atoms with E-state index in [-0.39, 0.29) is 31.1 Å². The van der Waals surface area contributed by atoms with Crippen LogP contribution in [-0.4, -0.2) is 47.2 Å². The molecule has 0 aliphatic carbocycles. The van der Waals surface area contributed by atoms with Crippen LogP contribution in [0.1, 0.15) is 39.5 Å². The first-order valence-corrected chi connectivity index (χ1v) is 6.13. The summed E-state index contributed by atoms with van der Waals surface area (Å²) < 4.78 is 5.27. The lowest BCUT2D eigenvalue weighted by molar-refractivity contribution is -0.145. The average Bonchev–Trinajstić information content (AvgIpc) is 2.25. The van der Waals surface area contributed by atoms with Gasteiger partial charge in [0.2, 0.25) is 5.91 Å². The number of nitrogens with zero attached hydrogens (tertiary/aromatic N) is 1. The average molecular weight is 243 g/mol. The normalized spacial score (nSPS) is 20.6. The lowest BCUT2D eigenvalue weighted by atomic mass is 9.99. The van der Waals surface area contributed by atoms with Gasteiger partial charge in [0.1, 0.15) is 6.61 Å². The molecule has 17 heavy (non-hydrogen) atoms. The summed E-state index contributed by atoms with van der Waals surface area (Å²) in [5.41, 5.74) is 0. The van der Waals surface area contributed by atoms with E-state index in [9.17, 15) is 9.59 Å². The molecule has 0 aromatic rings. The molecule has 1 N–H and O–H groups in total. The van der Waals surface area contributed by atoms with Crippen molar-refractivity contribution in [3.8, 4) is 0 Å². The van der Waals surface area contributed by atoms with Gasteiger partial charge in [-0.15, -0.1) is 0 Å². The Bertz CT molecular complexity index is 278. The zero-order valence-electron chi connectivity index (χ0n) is 10.5. The molecule has 1 heterocycles. The molecule has 1 fully saturated rings. The highest BCUT2D eigenvalue weighted by atomic mass is 16.5. The Morgan fingerprint density at radius 2 is 2.12 bits per heavy atom. The van der Waals surface area contributed by atoms with Crippen LogP contribution in [0.3, 0.4) is 0 Å². The molecule has 1 aliphatic rings. The number of carbonyl (C=O) groups is 2. The zero-order chi connectivity index (χ0) is 12.8. The summed E-state index contributed by atoms with van der Waals surface area (Å²) in [5.74, 6) is -0.941. The molecule has 0 aromatic heterocycles. The predicted molar refractivity (Wildman–Crippen MR) is 62.7 cm³/mol. The number of carboxylic acid groups (broad SMARTS) is 1. The third-order valence-corrected chi connectivity index (χ3v) is 2.90. The second-order valence-electron chi connectivity index (χ2n) is 4.69. The first kappa shape index (κ1) is 14.0. The first-order valence-electron chi connectivity index (χ1n) is 6.13. The van der Waals surface area contributed by atoms with Gasteiger partial charge in [0.25, 0.3) is 0 Å². The van der Waals surface area contributed by atoms with Gasteiger partial charge < -0.3 is 14.7 Å². The Labute approximate surface area is 102 Å². The highest BCUT2D eigenvalue weighted by molar-refractivity contribution is 5.79. The standard InChI is InChI=1S/C12H21NO4/c1-9(2)17-8-11(14)13-6-4-3-5-10(13)7-12(15)16/h9-10H,3-8H2,1-2H3,(H,15,16). The second kappa shape index (κ2) is 6.59. The highest BCUT2D eigenvalue weighted by Gasteiger charge is 2.28. The molecule has 98 valence electrons. The van der Waals surface area contributed by atoms with E-state index in [1.54, 1.807) is 4.90 Å². The number of hydrogen-bond acceptors (Lipinski definition) is 3. The Morgan fingerprint density at radius 1 is 1.41 bits per heavy atom. The van der Waals surface area contributed by atoms with Crippen LogP contribution in [0.5, 0.6) is 0 Å². The molecule has 5 heteroatoms. The lowest BCUT2D eigenvalue weighted by Crippen LogP contribution is -2.46. The SMILES string of the molecule is CC(C)OCC(=O)N1CCCCC1CC(=O)O. The van der Waals surface area contributed by atoms with Gasteiger partial charge in [0.15, 0.2) is 0 Å². The molecule has 1 amide bonds. The number of aliphatic carboxylic acids is 1. The number of rotatable bonds is 5. The van der Waals surface area contributed by atoms with Crippen molar-refractivity contribution in [2.75, 3.05) is 13.2 Å². The summed E-state index contributed by atoms with van der Waals surface area (Å²) in [4.78, 5) is 24.3. The molecule has 0 spiro atoms. The van der Waals surface area contributed by atoms with Crippen LogP contribution in [0.25, 0.3) is 0 Å². The molecule has 0 radical (unpaired) electrons. The molecule has 1 rings (SSSR count). The molecule has 1 unspecified atom stereocenters. The second-order valence-corrected chi connectivity index (χ2v) is 4.69. The molecule has 1 aliphatic heterocycles. The van der Waals surface area contributed by atoms with Crippen LogP contribution in [0, 0.1) is 0 Å². The van der Waals surface area contributed by atoms with Crippen molar-refractivity contribution in [3.63, 3.8) is 0 Å². The van der Waals surface area contributed by atoms with Gasteiger partial charge in [-0.05, 0) is 33.1 Å². The van der Waals surface area contributed by atoms with Crippen molar-refractivity contribution >= 4 is 11.9 Å². The third kappa shape index (κ3) is 4.73. The van der Waals surface area contributed by atoms with Crippen LogP contribution >= 0.6 is 0 Å². The number of hydrogen-bond donors (Lipinski definition) is 1. The Morgan fingerprint density at radius 3 is 2.71 bits per heavy atom. The number of amides is 1. The van der Waals surface area contributed by atoms with Crippen molar-refractivity contribution in [2.24, 2.45) is 0 Å². The molecule has 1 atom stereocenters. The smallest absolute Gasteiger partial charge is 0.305 e. The summed E-state index contributed by atoms with van der Waals surface area (Å²) >= 11 is 0. The van der Waals surface area contributed by atoms with Crippen LogP contribution < -0.4 is 0 Å². The number of piperidine rings is 1. The van der Waals surface area contributed by atoms with E-state index in [2.05, 4.69) is 0 Å². The summed E-state index contributed by atoms with van der Waals surface area (Å²) in [6.07, 6.45) is 2.77. The predicted octanol–water partition coefficient (Wildman–Crippen LogP) is 1.27.